The second-order valence-electron chi connectivity index (χ2n) is 34.3. The molecular weight excluding hydrogens is 1680 g/mol. The molecule has 0 spiro atoms. The molecule has 28 heteroatoms. The molecule has 0 bridgehead atoms. The first-order valence-corrected chi connectivity index (χ1v) is 45.7. The Labute approximate surface area is 741 Å². The molecule has 1 aromatic carbocycles. The number of carbonyl (C=O) groups is 1. The maximum atomic E-state index is 12.5. The summed E-state index contributed by atoms with van der Waals surface area (Å²) in [7, 11) is 0. The molecule has 6 aliphatic carbocycles. The Bertz CT molecular complexity index is 5540. The number of benzene rings is 1. The number of amides is 1. The molecule has 12 aromatic heterocycles. The number of aromatic nitrogens is 12. The number of hydrogen-bond donors (Lipinski definition) is 8. The number of halogens is 7. The van der Waals surface area contributed by atoms with E-state index in [1.807, 2.05) is 87.1 Å². The van der Waals surface area contributed by atoms with Crippen molar-refractivity contribution < 1.29 is 40.5 Å². The normalized spacial score (nSPS) is 20.7. The number of aliphatic hydroxyl groups is 7. The third-order valence-corrected chi connectivity index (χ3v) is 27.5. The van der Waals surface area contributed by atoms with E-state index in [2.05, 4.69) is 42.1 Å². The zero-order valence-corrected chi connectivity index (χ0v) is 73.5. The van der Waals surface area contributed by atoms with E-state index >= 15 is 0 Å². The second-order valence-corrected chi connectivity index (χ2v) is 37.4. The number of rotatable bonds is 16. The fraction of sp³-hybridized carbons (Fsp3) is 0.473. The SMILES string of the molecule is CC1CCC(C(O)c2cc(Cl)cc3cncn23)CC1.O=C(NC1CCCC(C(O)c2cc(Cl)cc3cncn23)C1)c1cccc(Cl)c1.OC(CC1CCCCC1)c1cc(Cl)cc2cncn12.OC(c1cc(Cl)cc2cncn12)C1CCCC1.OC(c1cc(Cl)cc2cncn12)C1CCCCC1.OCC1(C(O)c2cc(Cl)cc3cncn23)CCCCC1. The number of aliphatic hydroxyl groups excluding tert-OH is 7. The lowest BCUT2D eigenvalue weighted by molar-refractivity contribution is -0.0473. The molecule has 0 aliphatic heterocycles. The minimum absolute atomic E-state index is 0.00310. The average molecular weight is 1790 g/mol. The van der Waals surface area contributed by atoms with Crippen LogP contribution >= 0.6 is 81.2 Å². The van der Waals surface area contributed by atoms with Gasteiger partial charge in [0.1, 0.15) is 6.10 Å². The smallest absolute Gasteiger partial charge is 0.251 e. The molecule has 0 saturated heterocycles. The van der Waals surface area contributed by atoms with E-state index in [9.17, 15) is 40.5 Å². The van der Waals surface area contributed by atoms with Gasteiger partial charge < -0.3 is 67.5 Å². The topological polar surface area (TPSA) is 275 Å². The molecule has 8 N–H and O–H groups in total. The third-order valence-electron chi connectivity index (χ3n) is 26.0. The van der Waals surface area contributed by atoms with Crippen molar-refractivity contribution in [3.05, 3.63) is 247 Å². The van der Waals surface area contributed by atoms with Crippen LogP contribution < -0.4 is 5.32 Å². The third kappa shape index (κ3) is 22.3. The minimum Gasteiger partial charge on any atom is -0.396 e. The van der Waals surface area contributed by atoms with Gasteiger partial charge in [0.15, 0.2) is 0 Å². The maximum absolute atomic E-state index is 12.5. The van der Waals surface area contributed by atoms with Crippen LogP contribution in [0.3, 0.4) is 0 Å². The Morgan fingerprint density at radius 1 is 0.388 bits per heavy atom. The molecule has 12 heterocycles. The molecule has 644 valence electrons. The van der Waals surface area contributed by atoms with E-state index in [0.717, 1.165) is 157 Å². The van der Waals surface area contributed by atoms with Crippen molar-refractivity contribution >= 4 is 120 Å². The lowest BCUT2D eigenvalue weighted by Gasteiger charge is -2.40. The highest BCUT2D eigenvalue weighted by Crippen LogP contribution is 2.47. The van der Waals surface area contributed by atoms with Gasteiger partial charge in [0.25, 0.3) is 5.91 Å². The number of hydrogen-bond acceptors (Lipinski definition) is 14. The largest absolute Gasteiger partial charge is 0.396 e. The summed E-state index contributed by atoms with van der Waals surface area (Å²) in [6.45, 7) is 2.28. The van der Waals surface area contributed by atoms with Gasteiger partial charge in [0.2, 0.25) is 0 Å². The van der Waals surface area contributed by atoms with Crippen LogP contribution in [0.2, 0.25) is 35.2 Å². The highest BCUT2D eigenvalue weighted by Gasteiger charge is 2.41. The summed E-state index contributed by atoms with van der Waals surface area (Å²) in [6, 6.07) is 29.0. The molecule has 6 saturated carbocycles. The lowest BCUT2D eigenvalue weighted by Crippen LogP contribution is -2.39. The van der Waals surface area contributed by atoms with Crippen molar-refractivity contribution in [3.8, 4) is 0 Å². The van der Waals surface area contributed by atoms with Crippen molar-refractivity contribution in [2.75, 3.05) is 6.61 Å². The number of pyridine rings is 6. The summed E-state index contributed by atoms with van der Waals surface area (Å²) >= 11 is 42.8. The van der Waals surface area contributed by atoms with E-state index in [4.69, 9.17) is 81.2 Å². The highest BCUT2D eigenvalue weighted by atomic mass is 35.5. The zero-order valence-electron chi connectivity index (χ0n) is 68.2. The second kappa shape index (κ2) is 42.0. The molecule has 0 radical (unpaired) electrons. The minimum atomic E-state index is -0.733. The summed E-state index contributed by atoms with van der Waals surface area (Å²) in [6.07, 6.45) is 48.4. The fourth-order valence-electron chi connectivity index (χ4n) is 19.3. The quantitative estimate of drug-likeness (QED) is 0.0447. The number of nitrogens with zero attached hydrogens (tertiary/aromatic N) is 12. The summed E-state index contributed by atoms with van der Waals surface area (Å²) in [5, 5.41) is 81.4. The zero-order chi connectivity index (χ0) is 84.8. The lowest BCUT2D eigenvalue weighted by atomic mass is 9.70. The Morgan fingerprint density at radius 3 is 1.13 bits per heavy atom. The van der Waals surface area contributed by atoms with Gasteiger partial charge in [-0.3, -0.25) is 4.79 Å². The van der Waals surface area contributed by atoms with Gasteiger partial charge in [-0.2, -0.15) is 0 Å². The van der Waals surface area contributed by atoms with Gasteiger partial charge in [0.05, 0.1) is 180 Å². The van der Waals surface area contributed by atoms with Crippen LogP contribution in [0.1, 0.15) is 268 Å². The van der Waals surface area contributed by atoms with Gasteiger partial charge in [-0.15, -0.1) is 0 Å². The van der Waals surface area contributed by atoms with Gasteiger partial charge in [0, 0.05) is 52.2 Å². The van der Waals surface area contributed by atoms with Gasteiger partial charge >= 0.3 is 0 Å². The molecule has 121 heavy (non-hydrogen) atoms. The molecule has 1 amide bonds. The predicted molar refractivity (Wildman–Crippen MR) is 479 cm³/mol. The summed E-state index contributed by atoms with van der Waals surface area (Å²) in [4.78, 5) is 37.3. The van der Waals surface area contributed by atoms with Crippen LogP contribution in [0, 0.1) is 40.9 Å². The molecular formula is C93H110Cl7N13O8. The molecule has 13 aromatic rings. The summed E-state index contributed by atoms with van der Waals surface area (Å²) in [5.41, 5.74) is 10.4. The van der Waals surface area contributed by atoms with E-state index < -0.39 is 42.0 Å². The van der Waals surface area contributed by atoms with Crippen molar-refractivity contribution in [2.45, 2.75) is 229 Å². The summed E-state index contributed by atoms with van der Waals surface area (Å²) < 4.78 is 11.4. The molecule has 6 aliphatic rings. The van der Waals surface area contributed by atoms with E-state index in [0.29, 0.717) is 76.5 Å². The monoisotopic (exact) mass is 1780 g/mol. The van der Waals surface area contributed by atoms with Crippen LogP contribution in [0.4, 0.5) is 0 Å². The van der Waals surface area contributed by atoms with Gasteiger partial charge in [-0.05, 0) is 204 Å². The van der Waals surface area contributed by atoms with Crippen LogP contribution in [-0.4, -0.2) is 111 Å². The number of fused-ring (bicyclic) bond motifs is 6. The predicted octanol–water partition coefficient (Wildman–Crippen LogP) is 22.3. The first-order valence-electron chi connectivity index (χ1n) is 43.0. The van der Waals surface area contributed by atoms with Crippen LogP contribution in [0.15, 0.2) is 172 Å². The van der Waals surface area contributed by atoms with Gasteiger partial charge in [-0.25, -0.2) is 29.9 Å². The van der Waals surface area contributed by atoms with Crippen LogP contribution in [-0.2, 0) is 0 Å². The molecule has 8 atom stereocenters. The number of carbonyl (C=O) groups excluding carboxylic acids is 1. The number of nitrogens with one attached hydrogen (secondary N) is 1. The number of imidazole rings is 6. The first kappa shape index (κ1) is 89.8. The Kier molecular flexibility index (Phi) is 31.2. The molecule has 8 unspecified atom stereocenters. The standard InChI is InChI=1S/C21H21Cl2N3O2.C15H19ClN2O2.2C15H19ClN2O.C14H17ClN2O.C13H15ClN2O/c22-15-5-1-4-14(7-15)21(28)25-17-6-2-3-13(8-17)20(27)19-10-16(23)9-18-11-24-12-26(18)19;16-11-6-12-8-17-10-18(12)13(7-11)14(20)15(9-19)4-2-1-3-5-15;1-10-2-4-11(5-3-10)15(19)14-7-12(16)6-13-8-17-9-18(13)14;16-12-7-13-9-17-10-18(13)14(8-12)15(19)6-11-4-2-1-3-5-11;15-11-6-12-8-16-9-17(12)13(7-11)14(18)10-4-2-1-3-5-10;14-10-5-11-7-15-8-16(11)12(6-10)13(17)9-3-1-2-4-9/h1,4-5,7,9-13,17,20,27H,2-3,6,8H2,(H,25,28);6-8,10,14,19-20H,1-5,9H2;6-11,15,19H,2-5H2,1H3;7-11,15,19H,1-6H2;6-10,14,18H,1-5H2;5-9,13,17H,1-4H2. The van der Waals surface area contributed by atoms with Crippen molar-refractivity contribution in [3.63, 3.8) is 0 Å². The Morgan fingerprint density at radius 2 is 0.727 bits per heavy atom. The van der Waals surface area contributed by atoms with E-state index in [1.165, 1.54) is 83.5 Å². The average Bonchev–Trinajstić information content (AvgIpc) is 1.75. The van der Waals surface area contributed by atoms with Gasteiger partial charge in [-0.1, -0.05) is 197 Å². The summed E-state index contributed by atoms with van der Waals surface area (Å²) in [5.74, 6) is 2.37. The van der Waals surface area contributed by atoms with Crippen LogP contribution in [0.25, 0.3) is 33.1 Å². The van der Waals surface area contributed by atoms with Crippen molar-refractivity contribution in [1.82, 2.24) is 61.6 Å². The van der Waals surface area contributed by atoms with E-state index in [1.54, 1.807) is 112 Å². The Hall–Kier alpha value is -7.42. The molecule has 6 fully saturated rings. The fourth-order valence-corrected chi connectivity index (χ4v) is 20.8. The highest BCUT2D eigenvalue weighted by molar-refractivity contribution is 6.33. The van der Waals surface area contributed by atoms with E-state index in [-0.39, 0.29) is 24.5 Å². The van der Waals surface area contributed by atoms with Crippen LogP contribution in [0.5, 0.6) is 0 Å². The molecule has 21 nitrogen and oxygen atoms in total. The van der Waals surface area contributed by atoms with Crippen molar-refractivity contribution in [2.24, 2.45) is 40.9 Å². The van der Waals surface area contributed by atoms with Crippen molar-refractivity contribution in [1.29, 1.82) is 0 Å². The maximum Gasteiger partial charge on any atom is 0.251 e. The first-order chi connectivity index (χ1) is 58.6. The molecule has 19 rings (SSSR count). The Balaban J connectivity index is 0.000000120.